The summed E-state index contributed by atoms with van der Waals surface area (Å²) >= 11 is 0. The number of anilines is 5. The highest BCUT2D eigenvalue weighted by atomic mass is 16.5. The van der Waals surface area contributed by atoms with Crippen molar-refractivity contribution in [2.45, 2.75) is 0 Å². The lowest BCUT2D eigenvalue weighted by atomic mass is 10.1. The van der Waals surface area contributed by atoms with Gasteiger partial charge in [0.15, 0.2) is 11.5 Å². The molecule has 3 heterocycles. The van der Waals surface area contributed by atoms with E-state index in [-0.39, 0.29) is 5.91 Å². The number of hydrogen-bond donors (Lipinski definition) is 3. The molecule has 0 radical (unpaired) electrons. The lowest BCUT2D eigenvalue weighted by Crippen LogP contribution is -2.36. The van der Waals surface area contributed by atoms with Crippen LogP contribution < -0.4 is 21.3 Å². The van der Waals surface area contributed by atoms with E-state index in [0.717, 1.165) is 37.6 Å². The number of fused-ring (bicyclic) bond motifs is 1. The van der Waals surface area contributed by atoms with Crippen LogP contribution in [0.3, 0.4) is 0 Å². The van der Waals surface area contributed by atoms with Crippen molar-refractivity contribution in [3.63, 3.8) is 0 Å². The summed E-state index contributed by atoms with van der Waals surface area (Å²) in [5.74, 6) is 0.380. The van der Waals surface area contributed by atoms with Gasteiger partial charge in [-0.25, -0.2) is 9.97 Å². The first kappa shape index (κ1) is 23.5. The molecule has 3 aromatic carbocycles. The Balaban J connectivity index is 1.27. The molecule has 2 aromatic heterocycles. The standard InChI is InChI=1S/C29H27N7O2/c30-24-6-1-2-7-25(24)34-29(37)21-5-3-4-20(18-21)26-19-36-13-12-31-28(36)27(33-26)32-22-8-10-23(11-9-22)35-14-16-38-17-15-35/h1-13,18-19H,14-17,30H2,(H,32,33)(H,34,37). The Morgan fingerprint density at radius 1 is 0.974 bits per heavy atom. The summed E-state index contributed by atoms with van der Waals surface area (Å²) in [5.41, 5.74) is 11.9. The normalized spacial score (nSPS) is 13.4. The maximum atomic E-state index is 12.9. The number of nitrogens with zero attached hydrogens (tertiary/aromatic N) is 4. The summed E-state index contributed by atoms with van der Waals surface area (Å²) in [6.45, 7) is 3.28. The van der Waals surface area contributed by atoms with E-state index < -0.39 is 0 Å². The van der Waals surface area contributed by atoms with Crippen molar-refractivity contribution >= 4 is 40.1 Å². The van der Waals surface area contributed by atoms with Crippen molar-refractivity contribution in [3.05, 3.63) is 97.0 Å². The average Bonchev–Trinajstić information content (AvgIpc) is 3.45. The molecular formula is C29H27N7O2. The Bertz CT molecular complexity index is 1590. The van der Waals surface area contributed by atoms with Crippen LogP contribution in [0.4, 0.5) is 28.6 Å². The molecule has 38 heavy (non-hydrogen) atoms. The van der Waals surface area contributed by atoms with Crippen LogP contribution in [-0.4, -0.2) is 46.6 Å². The van der Waals surface area contributed by atoms with Gasteiger partial charge in [-0.15, -0.1) is 0 Å². The molecule has 1 aliphatic heterocycles. The third-order valence-corrected chi connectivity index (χ3v) is 6.51. The third kappa shape index (κ3) is 4.87. The van der Waals surface area contributed by atoms with Crippen LogP contribution in [0.1, 0.15) is 10.4 Å². The highest BCUT2D eigenvalue weighted by molar-refractivity contribution is 6.06. The maximum Gasteiger partial charge on any atom is 0.255 e. The Morgan fingerprint density at radius 2 is 1.79 bits per heavy atom. The van der Waals surface area contributed by atoms with Crippen molar-refractivity contribution in [2.75, 3.05) is 47.6 Å². The molecule has 5 aromatic rings. The van der Waals surface area contributed by atoms with E-state index in [9.17, 15) is 4.79 Å². The minimum atomic E-state index is -0.243. The molecule has 0 bridgehead atoms. The lowest BCUT2D eigenvalue weighted by molar-refractivity contribution is 0.102. The van der Waals surface area contributed by atoms with Crippen molar-refractivity contribution in [2.24, 2.45) is 0 Å². The number of morpholine rings is 1. The molecule has 0 saturated carbocycles. The minimum absolute atomic E-state index is 0.243. The van der Waals surface area contributed by atoms with Crippen LogP contribution in [0.15, 0.2) is 91.4 Å². The second-order valence-electron chi connectivity index (χ2n) is 9.03. The van der Waals surface area contributed by atoms with E-state index in [4.69, 9.17) is 15.5 Å². The van der Waals surface area contributed by atoms with E-state index in [1.807, 2.05) is 59.3 Å². The van der Waals surface area contributed by atoms with Gasteiger partial charge in [0.25, 0.3) is 5.91 Å². The van der Waals surface area contributed by atoms with Crippen molar-refractivity contribution < 1.29 is 9.53 Å². The number of nitrogens with one attached hydrogen (secondary N) is 2. The predicted octanol–water partition coefficient (Wildman–Crippen LogP) is 4.81. The molecule has 4 N–H and O–H groups in total. The number of ether oxygens (including phenoxy) is 1. The van der Waals surface area contributed by atoms with E-state index in [0.29, 0.717) is 34.1 Å². The first-order valence-electron chi connectivity index (χ1n) is 12.4. The number of nitrogens with two attached hydrogens (primary N) is 1. The first-order valence-corrected chi connectivity index (χ1v) is 12.4. The van der Waals surface area contributed by atoms with Gasteiger partial charge in [0, 0.05) is 54.2 Å². The number of amides is 1. The second-order valence-corrected chi connectivity index (χ2v) is 9.03. The van der Waals surface area contributed by atoms with Gasteiger partial charge in [-0.2, -0.15) is 0 Å². The number of rotatable bonds is 6. The van der Waals surface area contributed by atoms with Crippen LogP contribution in [0.25, 0.3) is 16.9 Å². The summed E-state index contributed by atoms with van der Waals surface area (Å²) in [6, 6.07) is 22.8. The zero-order valence-corrected chi connectivity index (χ0v) is 20.7. The topological polar surface area (TPSA) is 110 Å². The molecular weight excluding hydrogens is 478 g/mol. The van der Waals surface area contributed by atoms with Crippen LogP contribution in [0, 0.1) is 0 Å². The summed E-state index contributed by atoms with van der Waals surface area (Å²) < 4.78 is 7.38. The Morgan fingerprint density at radius 3 is 2.61 bits per heavy atom. The van der Waals surface area contributed by atoms with Crippen molar-refractivity contribution in [1.29, 1.82) is 0 Å². The number of benzene rings is 3. The fourth-order valence-corrected chi connectivity index (χ4v) is 4.49. The second kappa shape index (κ2) is 10.2. The van der Waals surface area contributed by atoms with Crippen LogP contribution in [-0.2, 0) is 4.74 Å². The Kier molecular flexibility index (Phi) is 6.33. The molecule has 0 spiro atoms. The van der Waals surface area contributed by atoms with Crippen LogP contribution in [0.2, 0.25) is 0 Å². The minimum Gasteiger partial charge on any atom is -0.397 e. The molecule has 190 valence electrons. The number of aromatic nitrogens is 3. The van der Waals surface area contributed by atoms with Gasteiger partial charge in [-0.1, -0.05) is 24.3 Å². The Hall–Kier alpha value is -4.89. The zero-order valence-electron chi connectivity index (χ0n) is 20.7. The van der Waals surface area contributed by atoms with E-state index in [1.54, 1.807) is 24.4 Å². The number of imidazole rings is 1. The highest BCUT2D eigenvalue weighted by Gasteiger charge is 2.14. The summed E-state index contributed by atoms with van der Waals surface area (Å²) in [5, 5.41) is 6.30. The van der Waals surface area contributed by atoms with Crippen LogP contribution in [0.5, 0.6) is 0 Å². The van der Waals surface area contributed by atoms with Gasteiger partial charge >= 0.3 is 0 Å². The van der Waals surface area contributed by atoms with Gasteiger partial charge in [0.1, 0.15) is 0 Å². The molecule has 0 aliphatic carbocycles. The summed E-state index contributed by atoms with van der Waals surface area (Å²) in [4.78, 5) is 24.6. The number of para-hydroxylation sites is 2. The number of hydrogen-bond acceptors (Lipinski definition) is 7. The fraction of sp³-hybridized carbons (Fsp3) is 0.138. The zero-order chi connectivity index (χ0) is 25.9. The number of carbonyl (C=O) groups is 1. The van der Waals surface area contributed by atoms with Crippen molar-refractivity contribution in [3.8, 4) is 11.3 Å². The van der Waals surface area contributed by atoms with Gasteiger partial charge in [0.2, 0.25) is 0 Å². The average molecular weight is 506 g/mol. The monoisotopic (exact) mass is 505 g/mol. The number of carbonyl (C=O) groups excluding carboxylic acids is 1. The third-order valence-electron chi connectivity index (χ3n) is 6.51. The maximum absolute atomic E-state index is 12.9. The lowest BCUT2D eigenvalue weighted by Gasteiger charge is -2.28. The quantitative estimate of drug-likeness (QED) is 0.284. The van der Waals surface area contributed by atoms with Gasteiger partial charge < -0.3 is 30.4 Å². The molecule has 1 saturated heterocycles. The predicted molar refractivity (Wildman–Crippen MR) is 150 cm³/mol. The first-order chi connectivity index (χ1) is 18.6. The molecule has 0 unspecified atom stereocenters. The number of nitrogen functional groups attached to an aromatic ring is 1. The largest absolute Gasteiger partial charge is 0.397 e. The molecule has 9 heteroatoms. The summed E-state index contributed by atoms with van der Waals surface area (Å²) in [6.07, 6.45) is 5.52. The van der Waals surface area contributed by atoms with Crippen LogP contribution >= 0.6 is 0 Å². The molecule has 0 atom stereocenters. The van der Waals surface area contributed by atoms with Gasteiger partial charge in [0.05, 0.1) is 30.3 Å². The smallest absolute Gasteiger partial charge is 0.255 e. The van der Waals surface area contributed by atoms with Gasteiger partial charge in [-0.3, -0.25) is 4.79 Å². The molecule has 1 fully saturated rings. The fourth-order valence-electron chi connectivity index (χ4n) is 4.49. The SMILES string of the molecule is Nc1ccccc1NC(=O)c1cccc(-c2cn3ccnc3c(Nc3ccc(N4CCOCC4)cc3)n2)c1. The highest BCUT2D eigenvalue weighted by Crippen LogP contribution is 2.27. The van der Waals surface area contributed by atoms with E-state index >= 15 is 0 Å². The molecule has 9 nitrogen and oxygen atoms in total. The van der Waals surface area contributed by atoms with Crippen molar-refractivity contribution in [1.82, 2.24) is 14.4 Å². The molecule has 1 aliphatic rings. The molecule has 6 rings (SSSR count). The van der Waals surface area contributed by atoms with Gasteiger partial charge in [-0.05, 0) is 48.5 Å². The van der Waals surface area contributed by atoms with E-state index in [1.165, 1.54) is 5.69 Å². The summed E-state index contributed by atoms with van der Waals surface area (Å²) in [7, 11) is 0. The molecule has 1 amide bonds. The Labute approximate surface area is 219 Å². The van der Waals surface area contributed by atoms with E-state index in [2.05, 4.69) is 32.7 Å².